The van der Waals surface area contributed by atoms with Crippen molar-refractivity contribution in [3.63, 3.8) is 0 Å². The molecule has 2 aliphatic rings. The average Bonchev–Trinajstić information content (AvgIpc) is 3.29. The molecule has 0 unspecified atom stereocenters. The number of carbonyl (C=O) groups excluding carboxylic acids is 2. The number of hydrogen-bond acceptors (Lipinski definition) is 12. The summed E-state index contributed by atoms with van der Waals surface area (Å²) in [5.41, 5.74) is 6.06. The van der Waals surface area contributed by atoms with E-state index in [9.17, 15) is 24.3 Å². The van der Waals surface area contributed by atoms with Crippen LogP contribution in [0.25, 0.3) is 0 Å². The Balaban J connectivity index is 1.47. The van der Waals surface area contributed by atoms with E-state index in [2.05, 4.69) is 20.4 Å². The van der Waals surface area contributed by atoms with E-state index in [0.717, 1.165) is 16.2 Å². The minimum Gasteiger partial charge on any atom is -0.478 e. The van der Waals surface area contributed by atoms with Gasteiger partial charge >= 0.3 is 11.9 Å². The van der Waals surface area contributed by atoms with E-state index in [-0.39, 0.29) is 33.6 Å². The van der Waals surface area contributed by atoms with Crippen LogP contribution in [-0.2, 0) is 19.2 Å². The van der Waals surface area contributed by atoms with Crippen molar-refractivity contribution < 1.29 is 34.2 Å². The Labute approximate surface area is 215 Å². The predicted molar refractivity (Wildman–Crippen MR) is 132 cm³/mol. The van der Waals surface area contributed by atoms with Crippen LogP contribution in [0, 0.1) is 0 Å². The van der Waals surface area contributed by atoms with Crippen LogP contribution in [0.15, 0.2) is 45.2 Å². The fraction of sp³-hybridized carbons (Fsp3) is 0.250. The summed E-state index contributed by atoms with van der Waals surface area (Å²) in [6, 6.07) is 1.97. The number of aromatic nitrogens is 2. The molecule has 13 nitrogen and oxygen atoms in total. The second-order valence-electron chi connectivity index (χ2n) is 7.29. The fourth-order valence-corrected chi connectivity index (χ4v) is 6.32. The number of nitrogens with zero attached hydrogens (tertiary/aromatic N) is 4. The first kappa shape index (κ1) is 25.5. The molecule has 0 spiro atoms. The lowest BCUT2D eigenvalue weighted by molar-refractivity contribution is -0.150. The number of oxime groups is 1. The van der Waals surface area contributed by atoms with Gasteiger partial charge in [-0.2, -0.15) is 0 Å². The standard InChI is InChI=1S/C20H18N6O7S3/c1-33-25-12(10-7-36-20(21)23-10)15(27)24-13-16(28)26-14(19(31)32)9(6-35-17(13)26)5-34-11-3-2-8(4-22-11)18(29)30/h2-4,7,13,17H,5-6H2,1H3,(H2,21,23)(H,24,27)(H,29,30)(H,31,32)/t13-,17+/m1/s1. The Hall–Kier alpha value is -3.63. The third-order valence-electron chi connectivity index (χ3n) is 5.08. The number of aliphatic carboxylic acids is 1. The van der Waals surface area contributed by atoms with Crippen molar-refractivity contribution in [2.75, 3.05) is 24.3 Å². The van der Waals surface area contributed by atoms with Gasteiger partial charge in [-0.05, 0) is 17.7 Å². The van der Waals surface area contributed by atoms with E-state index in [1.807, 2.05) is 0 Å². The second kappa shape index (κ2) is 10.5. The summed E-state index contributed by atoms with van der Waals surface area (Å²) in [5, 5.41) is 26.7. The first-order chi connectivity index (χ1) is 17.2. The number of nitrogen functional groups attached to an aromatic ring is 1. The maximum Gasteiger partial charge on any atom is 0.352 e. The van der Waals surface area contributed by atoms with Crippen LogP contribution >= 0.6 is 34.9 Å². The summed E-state index contributed by atoms with van der Waals surface area (Å²) in [6.45, 7) is 0. The van der Waals surface area contributed by atoms with Gasteiger partial charge in [0.2, 0.25) is 0 Å². The second-order valence-corrected chi connectivity index (χ2v) is 10.3. The first-order valence-corrected chi connectivity index (χ1v) is 13.0. The SMILES string of the molecule is CON=C(C(=O)N[C@@H]1C(=O)N2C(C(=O)O)=C(CSc3ccc(C(=O)O)cn3)CS[C@@H]12)c1csc(N)n1. The molecule has 4 heterocycles. The number of hydrogen-bond donors (Lipinski definition) is 4. The van der Waals surface area contributed by atoms with Gasteiger partial charge in [0.25, 0.3) is 11.8 Å². The number of nitrogens with two attached hydrogens (primary N) is 1. The molecule has 1 fully saturated rings. The summed E-state index contributed by atoms with van der Waals surface area (Å²) in [5.74, 6) is -3.10. The number of fused-ring (bicyclic) bond motifs is 1. The monoisotopic (exact) mass is 550 g/mol. The lowest BCUT2D eigenvalue weighted by Crippen LogP contribution is -2.71. The molecule has 0 radical (unpaired) electrons. The summed E-state index contributed by atoms with van der Waals surface area (Å²) in [7, 11) is 1.26. The predicted octanol–water partition coefficient (Wildman–Crippen LogP) is 0.700. The largest absolute Gasteiger partial charge is 0.478 e. The minimum atomic E-state index is -1.26. The normalized spacial score (nSPS) is 19.4. The first-order valence-electron chi connectivity index (χ1n) is 10.1. The zero-order valence-electron chi connectivity index (χ0n) is 18.4. The Morgan fingerprint density at radius 1 is 1.33 bits per heavy atom. The number of aromatic carboxylic acids is 1. The maximum atomic E-state index is 12.9. The van der Waals surface area contributed by atoms with Crippen molar-refractivity contribution >= 4 is 69.5 Å². The quantitative estimate of drug-likeness (QED) is 0.148. The topological polar surface area (TPSA) is 197 Å². The molecule has 188 valence electrons. The third kappa shape index (κ3) is 5.00. The Bertz CT molecular complexity index is 1290. The highest BCUT2D eigenvalue weighted by Crippen LogP contribution is 2.41. The van der Waals surface area contributed by atoms with Gasteiger partial charge in [-0.1, -0.05) is 5.16 Å². The van der Waals surface area contributed by atoms with E-state index in [0.29, 0.717) is 16.4 Å². The fourth-order valence-electron chi connectivity index (χ4n) is 3.45. The molecule has 4 rings (SSSR count). The molecule has 36 heavy (non-hydrogen) atoms. The molecule has 0 aromatic carbocycles. The number of β-lactam (4-membered cyclic amide) rings is 1. The minimum absolute atomic E-state index is 0.0390. The molecular weight excluding hydrogens is 532 g/mol. The number of thioether (sulfide) groups is 2. The van der Waals surface area contributed by atoms with Crippen LogP contribution in [-0.4, -0.2) is 84.6 Å². The van der Waals surface area contributed by atoms with Gasteiger partial charge in [-0.25, -0.2) is 19.6 Å². The number of nitrogens with one attached hydrogen (secondary N) is 1. The Morgan fingerprint density at radius 2 is 2.11 bits per heavy atom. The van der Waals surface area contributed by atoms with Gasteiger partial charge in [0.15, 0.2) is 10.8 Å². The van der Waals surface area contributed by atoms with Crippen molar-refractivity contribution in [3.05, 3.63) is 46.2 Å². The number of carbonyl (C=O) groups is 4. The maximum absolute atomic E-state index is 12.9. The summed E-state index contributed by atoms with van der Waals surface area (Å²) in [6.07, 6.45) is 1.22. The van der Waals surface area contributed by atoms with E-state index >= 15 is 0 Å². The van der Waals surface area contributed by atoms with E-state index in [1.54, 1.807) is 0 Å². The van der Waals surface area contributed by atoms with Gasteiger partial charge in [0, 0.05) is 23.1 Å². The highest BCUT2D eigenvalue weighted by molar-refractivity contribution is 8.01. The number of thiazole rings is 1. The summed E-state index contributed by atoms with van der Waals surface area (Å²) >= 11 is 3.65. The van der Waals surface area contributed by atoms with Gasteiger partial charge in [0.1, 0.15) is 29.9 Å². The van der Waals surface area contributed by atoms with E-state index in [1.165, 1.54) is 54.3 Å². The average molecular weight is 551 g/mol. The van der Waals surface area contributed by atoms with Crippen molar-refractivity contribution in [2.45, 2.75) is 16.4 Å². The molecule has 16 heteroatoms. The summed E-state index contributed by atoms with van der Waals surface area (Å²) in [4.78, 5) is 62.7. The number of amides is 2. The van der Waals surface area contributed by atoms with Crippen LogP contribution in [0.2, 0.25) is 0 Å². The molecule has 0 bridgehead atoms. The van der Waals surface area contributed by atoms with Crippen LogP contribution in [0.3, 0.4) is 0 Å². The van der Waals surface area contributed by atoms with Crippen molar-refractivity contribution in [1.29, 1.82) is 0 Å². The van der Waals surface area contributed by atoms with Gasteiger partial charge < -0.3 is 26.1 Å². The van der Waals surface area contributed by atoms with Gasteiger partial charge in [-0.15, -0.1) is 34.9 Å². The van der Waals surface area contributed by atoms with Crippen LogP contribution in [0.4, 0.5) is 5.13 Å². The number of carboxylic acids is 2. The zero-order chi connectivity index (χ0) is 26.0. The number of carboxylic acid groups (broad SMARTS) is 2. The van der Waals surface area contributed by atoms with Crippen LogP contribution in [0.5, 0.6) is 0 Å². The van der Waals surface area contributed by atoms with Gasteiger partial charge in [-0.3, -0.25) is 14.5 Å². The third-order valence-corrected chi connectivity index (χ3v) is 8.12. The molecule has 2 aromatic rings. The molecule has 1 saturated heterocycles. The number of pyridine rings is 1. The van der Waals surface area contributed by atoms with E-state index in [4.69, 9.17) is 15.7 Å². The number of rotatable bonds is 9. The van der Waals surface area contributed by atoms with Crippen molar-refractivity contribution in [1.82, 2.24) is 20.2 Å². The van der Waals surface area contributed by atoms with Crippen LogP contribution < -0.4 is 11.1 Å². The zero-order valence-corrected chi connectivity index (χ0v) is 20.9. The molecule has 0 aliphatic carbocycles. The lowest BCUT2D eigenvalue weighted by Gasteiger charge is -2.49. The highest BCUT2D eigenvalue weighted by Gasteiger charge is 2.54. The van der Waals surface area contributed by atoms with Crippen molar-refractivity contribution in [3.8, 4) is 0 Å². The molecule has 2 atom stereocenters. The lowest BCUT2D eigenvalue weighted by atomic mass is 10.0. The highest BCUT2D eigenvalue weighted by atomic mass is 32.2. The number of anilines is 1. The smallest absolute Gasteiger partial charge is 0.352 e. The molecule has 2 aliphatic heterocycles. The van der Waals surface area contributed by atoms with Crippen LogP contribution in [0.1, 0.15) is 16.1 Å². The Kier molecular flexibility index (Phi) is 7.46. The Morgan fingerprint density at radius 3 is 2.69 bits per heavy atom. The summed E-state index contributed by atoms with van der Waals surface area (Å²) < 4.78 is 0. The van der Waals surface area contributed by atoms with E-state index < -0.39 is 35.2 Å². The molecular formula is C20H18N6O7S3. The van der Waals surface area contributed by atoms with Gasteiger partial charge in [0.05, 0.1) is 10.6 Å². The molecule has 0 saturated carbocycles. The molecule has 2 amide bonds. The molecule has 2 aromatic heterocycles. The molecule has 5 N–H and O–H groups in total. The van der Waals surface area contributed by atoms with Crippen molar-refractivity contribution in [2.24, 2.45) is 5.16 Å².